The number of methoxy groups -OCH3 is 1. The highest BCUT2D eigenvalue weighted by Gasteiger charge is 2.34. The fourth-order valence-electron chi connectivity index (χ4n) is 2.68. The number of aryl methyl sites for hydroxylation is 2. The fourth-order valence-corrected chi connectivity index (χ4v) is 2.68. The van der Waals surface area contributed by atoms with Crippen LogP contribution in [0.4, 0.5) is 0 Å². The first-order chi connectivity index (χ1) is 10.9. The highest BCUT2D eigenvalue weighted by molar-refractivity contribution is 5.96. The summed E-state index contributed by atoms with van der Waals surface area (Å²) in [5.74, 6) is 0.450. The Labute approximate surface area is 137 Å². The topological polar surface area (TPSA) is 55.6 Å². The van der Waals surface area contributed by atoms with Crippen molar-refractivity contribution in [2.75, 3.05) is 13.7 Å². The lowest BCUT2D eigenvalue weighted by molar-refractivity contribution is 0.0229. The molecule has 2 rings (SSSR count). The van der Waals surface area contributed by atoms with Crippen LogP contribution in [0.3, 0.4) is 0 Å². The second kappa shape index (κ2) is 6.96. The smallest absolute Gasteiger partial charge is 0.260 e. The fraction of sp³-hybridized carbons (Fsp3) is 0.444. The molecule has 1 amide bonds. The number of benzene rings is 1. The van der Waals surface area contributed by atoms with Gasteiger partial charge in [0.25, 0.3) is 5.91 Å². The molecular weight excluding hydrogens is 292 g/mol. The standard InChI is InChI=1S/C18H24N2O3/c1-13-16(14(2)23-19-13)17(21)20(18(3,4)12-22-5)11-15-9-7-6-8-10-15/h6-10H,11-12H2,1-5H3. The van der Waals surface area contributed by atoms with Gasteiger partial charge in [-0.05, 0) is 33.3 Å². The first-order valence-corrected chi connectivity index (χ1v) is 7.64. The van der Waals surface area contributed by atoms with Crippen LogP contribution in [-0.4, -0.2) is 35.2 Å². The van der Waals surface area contributed by atoms with Crippen LogP contribution in [0.2, 0.25) is 0 Å². The monoisotopic (exact) mass is 316 g/mol. The molecule has 0 aliphatic heterocycles. The second-order valence-electron chi connectivity index (χ2n) is 6.32. The van der Waals surface area contributed by atoms with Crippen LogP contribution in [0.15, 0.2) is 34.9 Å². The lowest BCUT2D eigenvalue weighted by Gasteiger charge is -2.38. The van der Waals surface area contributed by atoms with E-state index in [0.717, 1.165) is 5.56 Å². The van der Waals surface area contributed by atoms with Gasteiger partial charge in [-0.15, -0.1) is 0 Å². The van der Waals surface area contributed by atoms with E-state index in [9.17, 15) is 4.79 Å². The number of carbonyl (C=O) groups is 1. The van der Waals surface area contributed by atoms with Gasteiger partial charge in [-0.25, -0.2) is 0 Å². The van der Waals surface area contributed by atoms with Gasteiger partial charge >= 0.3 is 0 Å². The van der Waals surface area contributed by atoms with Gasteiger partial charge in [0, 0.05) is 13.7 Å². The summed E-state index contributed by atoms with van der Waals surface area (Å²) in [4.78, 5) is 15.0. The number of ether oxygens (including phenoxy) is 1. The first kappa shape index (κ1) is 17.2. The molecule has 0 aliphatic carbocycles. The number of rotatable bonds is 6. The van der Waals surface area contributed by atoms with Gasteiger partial charge in [-0.2, -0.15) is 0 Å². The first-order valence-electron chi connectivity index (χ1n) is 7.64. The predicted molar refractivity (Wildman–Crippen MR) is 88.2 cm³/mol. The Bertz CT molecular complexity index is 643. The van der Waals surface area contributed by atoms with Gasteiger partial charge in [0.1, 0.15) is 11.3 Å². The maximum absolute atomic E-state index is 13.1. The van der Waals surface area contributed by atoms with Crippen LogP contribution in [0, 0.1) is 13.8 Å². The van der Waals surface area contributed by atoms with Gasteiger partial charge in [0.2, 0.25) is 0 Å². The van der Waals surface area contributed by atoms with Crippen molar-refractivity contribution in [3.05, 3.63) is 52.9 Å². The molecule has 1 aromatic heterocycles. The van der Waals surface area contributed by atoms with E-state index in [0.29, 0.717) is 30.2 Å². The molecular formula is C18H24N2O3. The second-order valence-corrected chi connectivity index (χ2v) is 6.32. The maximum atomic E-state index is 13.1. The zero-order valence-electron chi connectivity index (χ0n) is 14.4. The van der Waals surface area contributed by atoms with Crippen LogP contribution in [-0.2, 0) is 11.3 Å². The van der Waals surface area contributed by atoms with Crippen molar-refractivity contribution in [2.24, 2.45) is 0 Å². The molecule has 0 fully saturated rings. The summed E-state index contributed by atoms with van der Waals surface area (Å²) in [7, 11) is 1.64. The number of hydrogen-bond acceptors (Lipinski definition) is 4. The Hall–Kier alpha value is -2.14. The number of carbonyl (C=O) groups excluding carboxylic acids is 1. The summed E-state index contributed by atoms with van der Waals surface area (Å²) in [6.07, 6.45) is 0. The van der Waals surface area contributed by atoms with Gasteiger partial charge in [-0.1, -0.05) is 35.5 Å². The molecule has 1 heterocycles. The highest BCUT2D eigenvalue weighted by Crippen LogP contribution is 2.24. The number of aromatic nitrogens is 1. The normalized spacial score (nSPS) is 11.5. The van der Waals surface area contributed by atoms with E-state index in [4.69, 9.17) is 9.26 Å². The molecule has 0 saturated heterocycles. The molecule has 0 N–H and O–H groups in total. The quantitative estimate of drug-likeness (QED) is 0.820. The minimum Gasteiger partial charge on any atom is -0.382 e. The Kier molecular flexibility index (Phi) is 5.21. The summed E-state index contributed by atoms with van der Waals surface area (Å²) in [6.45, 7) is 8.48. The van der Waals surface area contributed by atoms with Crippen molar-refractivity contribution in [3.63, 3.8) is 0 Å². The predicted octanol–water partition coefficient (Wildman–Crippen LogP) is 3.36. The molecule has 0 radical (unpaired) electrons. The summed E-state index contributed by atoms with van der Waals surface area (Å²) < 4.78 is 10.5. The SMILES string of the molecule is COCC(C)(C)N(Cc1ccccc1)C(=O)c1c(C)noc1C. The minimum absolute atomic E-state index is 0.0906. The molecule has 5 nitrogen and oxygen atoms in total. The molecule has 0 saturated carbocycles. The summed E-state index contributed by atoms with van der Waals surface area (Å²) in [5, 5.41) is 3.90. The van der Waals surface area contributed by atoms with E-state index in [1.54, 1.807) is 21.0 Å². The van der Waals surface area contributed by atoms with Crippen LogP contribution in [0.25, 0.3) is 0 Å². The van der Waals surface area contributed by atoms with Crippen molar-refractivity contribution < 1.29 is 14.1 Å². The molecule has 5 heteroatoms. The third-order valence-electron chi connectivity index (χ3n) is 3.90. The van der Waals surface area contributed by atoms with Crippen LogP contribution in [0.1, 0.15) is 41.2 Å². The summed E-state index contributed by atoms with van der Waals surface area (Å²) in [6, 6.07) is 9.92. The largest absolute Gasteiger partial charge is 0.382 e. The van der Waals surface area contributed by atoms with Crippen molar-refractivity contribution in [1.29, 1.82) is 0 Å². The Balaban J connectivity index is 2.39. The van der Waals surface area contributed by atoms with E-state index < -0.39 is 5.54 Å². The zero-order chi connectivity index (χ0) is 17.0. The van der Waals surface area contributed by atoms with Crippen molar-refractivity contribution in [1.82, 2.24) is 10.1 Å². The van der Waals surface area contributed by atoms with E-state index in [-0.39, 0.29) is 5.91 Å². The van der Waals surface area contributed by atoms with Gasteiger partial charge in [0.05, 0.1) is 17.8 Å². The van der Waals surface area contributed by atoms with E-state index >= 15 is 0 Å². The van der Waals surface area contributed by atoms with Gasteiger partial charge < -0.3 is 14.2 Å². The van der Waals surface area contributed by atoms with Crippen LogP contribution in [0.5, 0.6) is 0 Å². The summed E-state index contributed by atoms with van der Waals surface area (Å²) in [5.41, 5.74) is 1.75. The van der Waals surface area contributed by atoms with E-state index in [1.807, 2.05) is 49.1 Å². The Morgan fingerprint density at radius 3 is 2.43 bits per heavy atom. The third kappa shape index (κ3) is 3.79. The lowest BCUT2D eigenvalue weighted by Crippen LogP contribution is -2.50. The van der Waals surface area contributed by atoms with Crippen molar-refractivity contribution in [2.45, 2.75) is 39.8 Å². The van der Waals surface area contributed by atoms with Gasteiger partial charge in [0.15, 0.2) is 0 Å². The van der Waals surface area contributed by atoms with Crippen molar-refractivity contribution >= 4 is 5.91 Å². The maximum Gasteiger partial charge on any atom is 0.260 e. The molecule has 1 aromatic carbocycles. The van der Waals surface area contributed by atoms with E-state index in [1.165, 1.54) is 0 Å². The Morgan fingerprint density at radius 2 is 1.91 bits per heavy atom. The summed E-state index contributed by atoms with van der Waals surface area (Å²) >= 11 is 0. The van der Waals surface area contributed by atoms with E-state index in [2.05, 4.69) is 5.16 Å². The third-order valence-corrected chi connectivity index (χ3v) is 3.90. The molecule has 0 unspecified atom stereocenters. The molecule has 0 aliphatic rings. The molecule has 124 valence electrons. The lowest BCUT2D eigenvalue weighted by atomic mass is 10.00. The number of hydrogen-bond donors (Lipinski definition) is 0. The average molecular weight is 316 g/mol. The zero-order valence-corrected chi connectivity index (χ0v) is 14.4. The molecule has 0 atom stereocenters. The number of amides is 1. The highest BCUT2D eigenvalue weighted by atomic mass is 16.5. The molecule has 0 spiro atoms. The number of nitrogens with zero attached hydrogens (tertiary/aromatic N) is 2. The molecule has 23 heavy (non-hydrogen) atoms. The molecule has 2 aromatic rings. The van der Waals surface area contributed by atoms with Gasteiger partial charge in [-0.3, -0.25) is 4.79 Å². The minimum atomic E-state index is -0.460. The average Bonchev–Trinajstić information content (AvgIpc) is 2.84. The molecule has 0 bridgehead atoms. The van der Waals surface area contributed by atoms with Crippen LogP contribution < -0.4 is 0 Å². The van der Waals surface area contributed by atoms with Crippen molar-refractivity contribution in [3.8, 4) is 0 Å². The van der Waals surface area contributed by atoms with Crippen LogP contribution >= 0.6 is 0 Å². The Morgan fingerprint density at radius 1 is 1.26 bits per heavy atom.